The highest BCUT2D eigenvalue weighted by molar-refractivity contribution is 5.94. The minimum atomic E-state index is 0.112. The van der Waals surface area contributed by atoms with Crippen LogP contribution in [0.15, 0.2) is 18.2 Å². The van der Waals surface area contributed by atoms with Gasteiger partial charge in [0.15, 0.2) is 0 Å². The lowest BCUT2D eigenvalue weighted by molar-refractivity contribution is -0.116. The summed E-state index contributed by atoms with van der Waals surface area (Å²) in [6, 6.07) is 6.10. The standard InChI is InChI=1S/C13H19N3O/c14-7-1-2-8-15-11-4-5-12-10(9-11)3-6-13(17)16-12/h4-5,9,15H,1-3,6-8,14H2,(H,16,17). The number of benzene rings is 1. The normalized spacial score (nSPS) is 14.1. The molecule has 0 atom stereocenters. The number of nitrogens with two attached hydrogens (primary N) is 1. The van der Waals surface area contributed by atoms with Crippen molar-refractivity contribution in [1.82, 2.24) is 0 Å². The van der Waals surface area contributed by atoms with E-state index in [-0.39, 0.29) is 5.91 Å². The second-order valence-electron chi connectivity index (χ2n) is 4.34. The maximum absolute atomic E-state index is 11.2. The van der Waals surface area contributed by atoms with Crippen LogP contribution in [0.3, 0.4) is 0 Å². The lowest BCUT2D eigenvalue weighted by Gasteiger charge is -2.18. The Labute approximate surface area is 102 Å². The van der Waals surface area contributed by atoms with Crippen LogP contribution in [0.25, 0.3) is 0 Å². The number of carbonyl (C=O) groups excluding carboxylic acids is 1. The van der Waals surface area contributed by atoms with Crippen molar-refractivity contribution in [2.24, 2.45) is 5.73 Å². The largest absolute Gasteiger partial charge is 0.385 e. The van der Waals surface area contributed by atoms with Gasteiger partial charge in [-0.05, 0) is 49.6 Å². The molecule has 1 aromatic rings. The first kappa shape index (κ1) is 11.9. The van der Waals surface area contributed by atoms with Crippen molar-refractivity contribution in [3.8, 4) is 0 Å². The molecule has 92 valence electrons. The van der Waals surface area contributed by atoms with Crippen LogP contribution >= 0.6 is 0 Å². The van der Waals surface area contributed by atoms with Crippen molar-refractivity contribution in [3.05, 3.63) is 23.8 Å². The van der Waals surface area contributed by atoms with Gasteiger partial charge in [-0.25, -0.2) is 0 Å². The first-order valence-corrected chi connectivity index (χ1v) is 6.16. The van der Waals surface area contributed by atoms with Gasteiger partial charge in [0.05, 0.1) is 0 Å². The Hall–Kier alpha value is -1.55. The predicted octanol–water partition coefficient (Wildman–Crippen LogP) is 1.72. The zero-order valence-corrected chi connectivity index (χ0v) is 9.96. The molecule has 0 saturated heterocycles. The van der Waals surface area contributed by atoms with Crippen LogP contribution in [0.5, 0.6) is 0 Å². The zero-order chi connectivity index (χ0) is 12.1. The molecule has 0 fully saturated rings. The van der Waals surface area contributed by atoms with Gasteiger partial charge >= 0.3 is 0 Å². The van der Waals surface area contributed by atoms with Crippen LogP contribution < -0.4 is 16.4 Å². The average Bonchev–Trinajstić information content (AvgIpc) is 2.35. The number of rotatable bonds is 5. The van der Waals surface area contributed by atoms with Crippen LogP contribution in [-0.2, 0) is 11.2 Å². The fraction of sp³-hybridized carbons (Fsp3) is 0.462. The number of aryl methyl sites for hydroxylation is 1. The Morgan fingerprint density at radius 1 is 1.29 bits per heavy atom. The molecular weight excluding hydrogens is 214 g/mol. The molecular formula is C13H19N3O. The van der Waals surface area contributed by atoms with E-state index < -0.39 is 0 Å². The van der Waals surface area contributed by atoms with Crippen LogP contribution in [0.4, 0.5) is 11.4 Å². The Morgan fingerprint density at radius 2 is 2.18 bits per heavy atom. The number of hydrogen-bond donors (Lipinski definition) is 3. The minimum Gasteiger partial charge on any atom is -0.385 e. The predicted molar refractivity (Wildman–Crippen MR) is 70.2 cm³/mol. The molecule has 0 aliphatic carbocycles. The molecule has 4 heteroatoms. The van der Waals surface area contributed by atoms with E-state index in [4.69, 9.17) is 5.73 Å². The van der Waals surface area contributed by atoms with Gasteiger partial charge in [0.1, 0.15) is 0 Å². The highest BCUT2D eigenvalue weighted by Crippen LogP contribution is 2.25. The van der Waals surface area contributed by atoms with E-state index in [1.807, 2.05) is 12.1 Å². The minimum absolute atomic E-state index is 0.112. The van der Waals surface area contributed by atoms with Gasteiger partial charge in [0.2, 0.25) is 5.91 Å². The monoisotopic (exact) mass is 233 g/mol. The summed E-state index contributed by atoms with van der Waals surface area (Å²) in [5.74, 6) is 0.112. The van der Waals surface area contributed by atoms with E-state index >= 15 is 0 Å². The summed E-state index contributed by atoms with van der Waals surface area (Å²) >= 11 is 0. The molecule has 17 heavy (non-hydrogen) atoms. The van der Waals surface area contributed by atoms with E-state index in [0.29, 0.717) is 6.42 Å². The molecule has 0 unspecified atom stereocenters. The Balaban J connectivity index is 1.94. The van der Waals surface area contributed by atoms with E-state index in [0.717, 1.165) is 43.7 Å². The second kappa shape index (κ2) is 5.68. The van der Waals surface area contributed by atoms with Crippen molar-refractivity contribution in [3.63, 3.8) is 0 Å². The van der Waals surface area contributed by atoms with Gasteiger partial charge in [0, 0.05) is 24.3 Å². The van der Waals surface area contributed by atoms with Crippen LogP contribution in [0.1, 0.15) is 24.8 Å². The molecule has 1 aromatic carbocycles. The van der Waals surface area contributed by atoms with Gasteiger partial charge in [-0.2, -0.15) is 0 Å². The van der Waals surface area contributed by atoms with Crippen LogP contribution in [0, 0.1) is 0 Å². The van der Waals surface area contributed by atoms with Crippen molar-refractivity contribution >= 4 is 17.3 Å². The van der Waals surface area contributed by atoms with Crippen molar-refractivity contribution in [1.29, 1.82) is 0 Å². The molecule has 1 heterocycles. The maximum Gasteiger partial charge on any atom is 0.224 e. The fourth-order valence-electron chi connectivity index (χ4n) is 2.00. The number of hydrogen-bond acceptors (Lipinski definition) is 3. The number of nitrogens with one attached hydrogen (secondary N) is 2. The molecule has 0 spiro atoms. The average molecular weight is 233 g/mol. The second-order valence-corrected chi connectivity index (χ2v) is 4.34. The SMILES string of the molecule is NCCCCNc1ccc2c(c1)CCC(=O)N2. The third kappa shape index (κ3) is 3.20. The third-order valence-corrected chi connectivity index (χ3v) is 2.96. The summed E-state index contributed by atoms with van der Waals surface area (Å²) in [4.78, 5) is 11.2. The molecule has 0 aromatic heterocycles. The highest BCUT2D eigenvalue weighted by Gasteiger charge is 2.14. The quantitative estimate of drug-likeness (QED) is 0.678. The fourth-order valence-corrected chi connectivity index (χ4v) is 2.00. The first-order valence-electron chi connectivity index (χ1n) is 6.16. The zero-order valence-electron chi connectivity index (χ0n) is 9.96. The Bertz CT molecular complexity index is 404. The molecule has 0 radical (unpaired) electrons. The summed E-state index contributed by atoms with van der Waals surface area (Å²) < 4.78 is 0. The molecule has 4 nitrogen and oxygen atoms in total. The number of carbonyl (C=O) groups is 1. The van der Waals surface area contributed by atoms with Gasteiger partial charge in [-0.15, -0.1) is 0 Å². The molecule has 1 aliphatic rings. The van der Waals surface area contributed by atoms with Crippen LogP contribution in [0.2, 0.25) is 0 Å². The summed E-state index contributed by atoms with van der Waals surface area (Å²) in [5.41, 5.74) is 8.73. The van der Waals surface area contributed by atoms with Gasteiger partial charge in [-0.3, -0.25) is 4.79 Å². The molecule has 2 rings (SSSR count). The molecule has 1 amide bonds. The number of fused-ring (bicyclic) bond motifs is 1. The lowest BCUT2D eigenvalue weighted by atomic mass is 10.0. The first-order chi connectivity index (χ1) is 8.29. The van der Waals surface area contributed by atoms with Gasteiger partial charge in [-0.1, -0.05) is 0 Å². The molecule has 0 bridgehead atoms. The highest BCUT2D eigenvalue weighted by atomic mass is 16.1. The van der Waals surface area contributed by atoms with Gasteiger partial charge < -0.3 is 16.4 Å². The van der Waals surface area contributed by atoms with Crippen molar-refractivity contribution < 1.29 is 4.79 Å². The van der Waals surface area contributed by atoms with Crippen LogP contribution in [-0.4, -0.2) is 19.0 Å². The molecule has 4 N–H and O–H groups in total. The molecule has 0 saturated carbocycles. The topological polar surface area (TPSA) is 67.1 Å². The summed E-state index contributed by atoms with van der Waals surface area (Å²) in [5, 5.41) is 6.25. The van der Waals surface area contributed by atoms with E-state index in [2.05, 4.69) is 16.7 Å². The number of unbranched alkanes of at least 4 members (excludes halogenated alkanes) is 1. The third-order valence-electron chi connectivity index (χ3n) is 2.96. The van der Waals surface area contributed by atoms with Crippen molar-refractivity contribution in [2.75, 3.05) is 23.7 Å². The lowest BCUT2D eigenvalue weighted by Crippen LogP contribution is -2.19. The smallest absolute Gasteiger partial charge is 0.224 e. The van der Waals surface area contributed by atoms with E-state index in [9.17, 15) is 4.79 Å². The summed E-state index contributed by atoms with van der Waals surface area (Å²) in [6.45, 7) is 1.69. The summed E-state index contributed by atoms with van der Waals surface area (Å²) in [7, 11) is 0. The Morgan fingerprint density at radius 3 is 3.00 bits per heavy atom. The number of amides is 1. The van der Waals surface area contributed by atoms with Crippen molar-refractivity contribution in [2.45, 2.75) is 25.7 Å². The Kier molecular flexibility index (Phi) is 3.98. The molecule has 1 aliphatic heterocycles. The maximum atomic E-state index is 11.2. The van der Waals surface area contributed by atoms with E-state index in [1.54, 1.807) is 0 Å². The number of anilines is 2. The van der Waals surface area contributed by atoms with E-state index in [1.165, 1.54) is 5.56 Å². The summed E-state index contributed by atoms with van der Waals surface area (Å²) in [6.07, 6.45) is 3.56. The van der Waals surface area contributed by atoms with Gasteiger partial charge in [0.25, 0.3) is 0 Å².